The topological polar surface area (TPSA) is 9.23 Å². The molecule has 19 heavy (non-hydrogen) atoms. The van der Waals surface area contributed by atoms with Gasteiger partial charge in [0.1, 0.15) is 11.5 Å². The first kappa shape index (κ1) is 13.7. The van der Waals surface area contributed by atoms with E-state index in [2.05, 4.69) is 0 Å². The van der Waals surface area contributed by atoms with E-state index in [0.29, 0.717) is 10.8 Å². The highest BCUT2D eigenvalue weighted by atomic mass is 35.5. The lowest BCUT2D eigenvalue weighted by molar-refractivity contribution is -0.137. The van der Waals surface area contributed by atoms with E-state index in [-0.39, 0.29) is 5.75 Å². The number of halogens is 4. The lowest BCUT2D eigenvalue weighted by Gasteiger charge is -2.11. The highest BCUT2D eigenvalue weighted by Gasteiger charge is 2.30. The Morgan fingerprint density at radius 2 is 1.79 bits per heavy atom. The number of rotatable bonds is 2. The molecule has 0 saturated heterocycles. The van der Waals surface area contributed by atoms with Crippen LogP contribution < -0.4 is 4.74 Å². The van der Waals surface area contributed by atoms with Gasteiger partial charge in [0, 0.05) is 0 Å². The first-order chi connectivity index (χ1) is 8.86. The zero-order valence-electron chi connectivity index (χ0n) is 9.96. The van der Waals surface area contributed by atoms with Crippen LogP contribution in [-0.4, -0.2) is 0 Å². The van der Waals surface area contributed by atoms with E-state index < -0.39 is 11.7 Å². The molecule has 0 spiro atoms. The molecule has 5 heteroatoms. The van der Waals surface area contributed by atoms with E-state index in [0.717, 1.165) is 17.7 Å². The van der Waals surface area contributed by atoms with Gasteiger partial charge in [-0.1, -0.05) is 23.7 Å². The van der Waals surface area contributed by atoms with Crippen LogP contribution in [0, 0.1) is 6.92 Å². The molecule has 0 fully saturated rings. The SMILES string of the molecule is Cc1ccc(Oc2cccc(C(F)(F)F)c2)c(Cl)c1. The number of hydrogen-bond donors (Lipinski definition) is 0. The maximum Gasteiger partial charge on any atom is 0.416 e. The second kappa shape index (κ2) is 5.13. The minimum atomic E-state index is -4.39. The van der Waals surface area contributed by atoms with Crippen molar-refractivity contribution in [3.63, 3.8) is 0 Å². The largest absolute Gasteiger partial charge is 0.456 e. The predicted octanol–water partition coefficient (Wildman–Crippen LogP) is 5.46. The molecule has 0 heterocycles. The van der Waals surface area contributed by atoms with E-state index in [1.54, 1.807) is 18.2 Å². The Morgan fingerprint density at radius 1 is 1.05 bits per heavy atom. The molecule has 0 aliphatic carbocycles. The molecule has 0 aliphatic heterocycles. The van der Waals surface area contributed by atoms with Crippen LogP contribution in [0.15, 0.2) is 42.5 Å². The van der Waals surface area contributed by atoms with Crippen LogP contribution in [0.2, 0.25) is 5.02 Å². The molecule has 0 unspecified atom stereocenters. The van der Waals surface area contributed by atoms with Gasteiger partial charge >= 0.3 is 6.18 Å². The number of benzene rings is 2. The maximum absolute atomic E-state index is 12.6. The molecular weight excluding hydrogens is 277 g/mol. The molecule has 0 radical (unpaired) electrons. The zero-order valence-corrected chi connectivity index (χ0v) is 10.7. The summed E-state index contributed by atoms with van der Waals surface area (Å²) in [5, 5.41) is 0.359. The van der Waals surface area contributed by atoms with Crippen molar-refractivity contribution >= 4 is 11.6 Å². The molecule has 0 bridgehead atoms. The van der Waals surface area contributed by atoms with Gasteiger partial charge in [-0.15, -0.1) is 0 Å². The van der Waals surface area contributed by atoms with E-state index >= 15 is 0 Å². The van der Waals surface area contributed by atoms with E-state index in [1.807, 2.05) is 6.92 Å². The van der Waals surface area contributed by atoms with Crippen molar-refractivity contribution < 1.29 is 17.9 Å². The van der Waals surface area contributed by atoms with Gasteiger partial charge in [-0.3, -0.25) is 0 Å². The van der Waals surface area contributed by atoms with Crippen LogP contribution in [0.4, 0.5) is 13.2 Å². The standard InChI is InChI=1S/C14H10ClF3O/c1-9-5-6-13(12(15)7-9)19-11-4-2-3-10(8-11)14(16,17)18/h2-8H,1H3. The molecule has 1 nitrogen and oxygen atoms in total. The molecule has 100 valence electrons. The van der Waals surface area contributed by atoms with Crippen molar-refractivity contribution in [3.05, 3.63) is 58.6 Å². The molecular formula is C14H10ClF3O. The second-order valence-electron chi connectivity index (χ2n) is 4.06. The van der Waals surface area contributed by atoms with Crippen LogP contribution >= 0.6 is 11.6 Å². The lowest BCUT2D eigenvalue weighted by Crippen LogP contribution is -2.04. The van der Waals surface area contributed by atoms with Gasteiger partial charge in [0.05, 0.1) is 10.6 Å². The summed E-state index contributed by atoms with van der Waals surface area (Å²) >= 11 is 5.96. The zero-order chi connectivity index (χ0) is 14.0. The fraction of sp³-hybridized carbons (Fsp3) is 0.143. The van der Waals surface area contributed by atoms with Gasteiger partial charge in [-0.05, 0) is 42.8 Å². The monoisotopic (exact) mass is 286 g/mol. The number of aryl methyl sites for hydroxylation is 1. The summed E-state index contributed by atoms with van der Waals surface area (Å²) in [6, 6.07) is 9.75. The van der Waals surface area contributed by atoms with E-state index in [9.17, 15) is 13.2 Å². The highest BCUT2D eigenvalue weighted by molar-refractivity contribution is 6.32. The van der Waals surface area contributed by atoms with Gasteiger partial charge in [-0.25, -0.2) is 0 Å². The Morgan fingerprint density at radius 3 is 2.42 bits per heavy atom. The minimum absolute atomic E-state index is 0.0978. The second-order valence-corrected chi connectivity index (χ2v) is 4.47. The van der Waals surface area contributed by atoms with E-state index in [1.165, 1.54) is 12.1 Å². The molecule has 0 aromatic heterocycles. The molecule has 2 aromatic carbocycles. The average molecular weight is 287 g/mol. The Balaban J connectivity index is 2.29. The quantitative estimate of drug-likeness (QED) is 0.712. The van der Waals surface area contributed by atoms with Crippen LogP contribution in [-0.2, 0) is 6.18 Å². The van der Waals surface area contributed by atoms with Crippen LogP contribution in [0.25, 0.3) is 0 Å². The van der Waals surface area contributed by atoms with Crippen LogP contribution in [0.1, 0.15) is 11.1 Å². The summed E-state index contributed by atoms with van der Waals surface area (Å²) in [4.78, 5) is 0. The van der Waals surface area contributed by atoms with E-state index in [4.69, 9.17) is 16.3 Å². The van der Waals surface area contributed by atoms with Gasteiger partial charge < -0.3 is 4.74 Å². The van der Waals surface area contributed by atoms with Crippen molar-refractivity contribution in [2.45, 2.75) is 13.1 Å². The fourth-order valence-corrected chi connectivity index (χ4v) is 1.83. The fourth-order valence-electron chi connectivity index (χ4n) is 1.55. The first-order valence-corrected chi connectivity index (χ1v) is 5.85. The molecule has 0 atom stereocenters. The van der Waals surface area contributed by atoms with Gasteiger partial charge in [0.2, 0.25) is 0 Å². The summed E-state index contributed by atoms with van der Waals surface area (Å²) in [5.74, 6) is 0.423. The van der Waals surface area contributed by atoms with Crippen LogP contribution in [0.3, 0.4) is 0 Å². The third-order valence-electron chi connectivity index (χ3n) is 2.48. The Bertz CT molecular complexity index is 593. The Kier molecular flexibility index (Phi) is 3.71. The summed E-state index contributed by atoms with van der Waals surface area (Å²) in [7, 11) is 0. The molecule has 0 amide bonds. The Labute approximate surface area is 113 Å². The number of ether oxygens (including phenoxy) is 1. The minimum Gasteiger partial charge on any atom is -0.456 e. The number of hydrogen-bond acceptors (Lipinski definition) is 1. The number of alkyl halides is 3. The van der Waals surface area contributed by atoms with Gasteiger partial charge in [0.15, 0.2) is 0 Å². The molecule has 2 rings (SSSR count). The van der Waals surface area contributed by atoms with Crippen molar-refractivity contribution in [3.8, 4) is 11.5 Å². The van der Waals surface area contributed by atoms with Crippen molar-refractivity contribution in [2.75, 3.05) is 0 Å². The van der Waals surface area contributed by atoms with Gasteiger partial charge in [-0.2, -0.15) is 13.2 Å². The summed E-state index contributed by atoms with van der Waals surface area (Å²) in [5.41, 5.74) is 0.189. The van der Waals surface area contributed by atoms with Crippen molar-refractivity contribution in [1.29, 1.82) is 0 Å². The smallest absolute Gasteiger partial charge is 0.416 e. The predicted molar refractivity (Wildman–Crippen MR) is 67.7 cm³/mol. The third-order valence-corrected chi connectivity index (χ3v) is 2.77. The van der Waals surface area contributed by atoms with Gasteiger partial charge in [0.25, 0.3) is 0 Å². The Hall–Kier alpha value is -1.68. The molecule has 2 aromatic rings. The molecule has 0 aliphatic rings. The highest BCUT2D eigenvalue weighted by Crippen LogP contribution is 2.34. The summed E-state index contributed by atoms with van der Waals surface area (Å²) in [6.45, 7) is 1.86. The summed E-state index contributed by atoms with van der Waals surface area (Å²) in [6.07, 6.45) is -4.39. The maximum atomic E-state index is 12.6. The molecule has 0 N–H and O–H groups in total. The summed E-state index contributed by atoms with van der Waals surface area (Å²) < 4.78 is 43.0. The first-order valence-electron chi connectivity index (χ1n) is 5.47. The van der Waals surface area contributed by atoms with Crippen LogP contribution in [0.5, 0.6) is 11.5 Å². The van der Waals surface area contributed by atoms with Crippen molar-refractivity contribution in [1.82, 2.24) is 0 Å². The van der Waals surface area contributed by atoms with Crippen molar-refractivity contribution in [2.24, 2.45) is 0 Å². The normalized spacial score (nSPS) is 11.4. The third kappa shape index (κ3) is 3.41. The average Bonchev–Trinajstić information content (AvgIpc) is 2.32. The molecule has 0 saturated carbocycles. The lowest BCUT2D eigenvalue weighted by atomic mass is 10.2.